The van der Waals surface area contributed by atoms with Crippen LogP contribution in [0, 0.1) is 0 Å². The van der Waals surface area contributed by atoms with Crippen LogP contribution < -0.4 is 4.90 Å². The molecule has 6 heteroatoms. The molecule has 3 rings (SSSR count). The fourth-order valence-electron chi connectivity index (χ4n) is 2.36. The van der Waals surface area contributed by atoms with E-state index in [-0.39, 0.29) is 10.9 Å². The van der Waals surface area contributed by atoms with E-state index in [9.17, 15) is 9.59 Å². The molecule has 1 aromatic heterocycles. The van der Waals surface area contributed by atoms with Crippen molar-refractivity contribution < 1.29 is 9.59 Å². The van der Waals surface area contributed by atoms with Crippen molar-refractivity contribution >= 4 is 51.3 Å². The van der Waals surface area contributed by atoms with Crippen LogP contribution in [-0.4, -0.2) is 16.8 Å². The van der Waals surface area contributed by atoms with Crippen molar-refractivity contribution in [2.45, 2.75) is 6.92 Å². The van der Waals surface area contributed by atoms with Gasteiger partial charge in [0.2, 0.25) is 5.91 Å². The van der Waals surface area contributed by atoms with Crippen molar-refractivity contribution in [3.8, 4) is 0 Å². The molecule has 21 heavy (non-hydrogen) atoms. The Morgan fingerprint density at radius 3 is 2.67 bits per heavy atom. The van der Waals surface area contributed by atoms with Gasteiger partial charge in [0.1, 0.15) is 0 Å². The lowest BCUT2D eigenvalue weighted by Crippen LogP contribution is -2.31. The maximum absolute atomic E-state index is 12.6. The highest BCUT2D eigenvalue weighted by molar-refractivity contribution is 6.60. The van der Waals surface area contributed by atoms with E-state index < -0.39 is 5.91 Å². The summed E-state index contributed by atoms with van der Waals surface area (Å²) in [6, 6.07) is 8.48. The van der Waals surface area contributed by atoms with Gasteiger partial charge in [-0.05, 0) is 24.3 Å². The van der Waals surface area contributed by atoms with Crippen LogP contribution in [0.3, 0.4) is 0 Å². The minimum Gasteiger partial charge on any atom is -0.360 e. The van der Waals surface area contributed by atoms with Crippen LogP contribution in [0.2, 0.25) is 5.02 Å². The molecule has 0 aliphatic carbocycles. The van der Waals surface area contributed by atoms with Gasteiger partial charge < -0.3 is 4.98 Å². The fourth-order valence-corrected chi connectivity index (χ4v) is 2.83. The topological polar surface area (TPSA) is 53.2 Å². The molecule has 1 aliphatic rings. The van der Waals surface area contributed by atoms with E-state index in [0.29, 0.717) is 27.5 Å². The molecule has 0 saturated heterocycles. The summed E-state index contributed by atoms with van der Waals surface area (Å²) in [5.41, 5.74) is 1.96. The van der Waals surface area contributed by atoms with Crippen molar-refractivity contribution in [2.24, 2.45) is 0 Å². The Labute approximate surface area is 131 Å². The summed E-state index contributed by atoms with van der Waals surface area (Å²) >= 11 is 12.3. The first-order valence-electron chi connectivity index (χ1n) is 6.19. The quantitative estimate of drug-likeness (QED) is 0.815. The van der Waals surface area contributed by atoms with E-state index in [1.54, 1.807) is 36.5 Å². The van der Waals surface area contributed by atoms with E-state index in [4.69, 9.17) is 23.2 Å². The number of halogens is 2. The lowest BCUT2D eigenvalue weighted by molar-refractivity contribution is -0.122. The molecule has 1 N–H and O–H groups in total. The second kappa shape index (κ2) is 5.06. The number of benzene rings is 1. The molecule has 0 unspecified atom stereocenters. The number of fused-ring (bicyclic) bond motifs is 1. The van der Waals surface area contributed by atoms with Gasteiger partial charge in [0.25, 0.3) is 5.91 Å². The van der Waals surface area contributed by atoms with Crippen molar-refractivity contribution in [3.05, 3.63) is 52.8 Å². The van der Waals surface area contributed by atoms with Crippen LogP contribution in [0.4, 0.5) is 5.69 Å². The molecule has 1 aliphatic heterocycles. The van der Waals surface area contributed by atoms with Crippen LogP contribution in [0.5, 0.6) is 0 Å². The molecule has 0 saturated carbocycles. The summed E-state index contributed by atoms with van der Waals surface area (Å²) in [5, 5.41) is 0.724. The Morgan fingerprint density at radius 1 is 1.29 bits per heavy atom. The summed E-state index contributed by atoms with van der Waals surface area (Å²) in [4.78, 5) is 28.4. The zero-order chi connectivity index (χ0) is 15.1. The number of aromatic nitrogens is 1. The molecule has 0 spiro atoms. The maximum atomic E-state index is 12.6. The number of H-pyrrole nitrogens is 1. The van der Waals surface area contributed by atoms with Gasteiger partial charge in [-0.3, -0.25) is 9.59 Å². The number of nitrogens with zero attached hydrogens (tertiary/aromatic N) is 1. The summed E-state index contributed by atoms with van der Waals surface area (Å²) in [5.74, 6) is -0.825. The fraction of sp³-hybridized carbons (Fsp3) is 0.0667. The third-order valence-electron chi connectivity index (χ3n) is 3.26. The Kier molecular flexibility index (Phi) is 3.35. The first-order chi connectivity index (χ1) is 10.0. The number of imide groups is 1. The average Bonchev–Trinajstić information content (AvgIpc) is 3.02. The maximum Gasteiger partial charge on any atom is 0.267 e. The van der Waals surface area contributed by atoms with E-state index in [2.05, 4.69) is 4.98 Å². The minimum absolute atomic E-state index is 0.275. The lowest BCUT2D eigenvalue weighted by atomic mass is 10.1. The van der Waals surface area contributed by atoms with Crippen LogP contribution in [0.15, 0.2) is 36.5 Å². The summed E-state index contributed by atoms with van der Waals surface area (Å²) in [7, 11) is 0. The number of carbonyl (C=O) groups excluding carboxylic acids is 2. The SMILES string of the molecule is CC(=O)N1C(=O)/C(=C(/Cl)c2ccc[nH]2)c2ccc(Cl)cc21. The molecule has 0 bridgehead atoms. The van der Waals surface area contributed by atoms with Gasteiger partial charge in [-0.1, -0.05) is 29.3 Å². The van der Waals surface area contributed by atoms with Crippen molar-refractivity contribution in [2.75, 3.05) is 4.90 Å². The molecule has 2 aromatic rings. The van der Waals surface area contributed by atoms with Gasteiger partial charge >= 0.3 is 0 Å². The number of aromatic amines is 1. The smallest absolute Gasteiger partial charge is 0.267 e. The number of hydrogen-bond acceptors (Lipinski definition) is 2. The van der Waals surface area contributed by atoms with Crippen LogP contribution >= 0.6 is 23.2 Å². The Bertz CT molecular complexity index is 779. The van der Waals surface area contributed by atoms with Crippen molar-refractivity contribution in [1.29, 1.82) is 0 Å². The van der Waals surface area contributed by atoms with E-state index >= 15 is 0 Å². The number of hydrogen-bond donors (Lipinski definition) is 1. The number of rotatable bonds is 1. The molecule has 1 aromatic carbocycles. The number of nitrogens with one attached hydrogen (secondary N) is 1. The zero-order valence-corrected chi connectivity index (χ0v) is 12.5. The highest BCUT2D eigenvalue weighted by Crippen LogP contribution is 2.42. The number of anilines is 1. The van der Waals surface area contributed by atoms with E-state index in [0.717, 1.165) is 4.90 Å². The zero-order valence-electron chi connectivity index (χ0n) is 11.0. The predicted molar refractivity (Wildman–Crippen MR) is 83.1 cm³/mol. The van der Waals surface area contributed by atoms with Crippen LogP contribution in [0.1, 0.15) is 18.2 Å². The van der Waals surface area contributed by atoms with E-state index in [1.165, 1.54) is 6.92 Å². The molecule has 0 fully saturated rings. The predicted octanol–water partition coefficient (Wildman–Crippen LogP) is 3.67. The molecule has 0 radical (unpaired) electrons. The lowest BCUT2D eigenvalue weighted by Gasteiger charge is -2.12. The molecule has 2 amide bonds. The van der Waals surface area contributed by atoms with Gasteiger partial charge in [-0.2, -0.15) is 0 Å². The summed E-state index contributed by atoms with van der Waals surface area (Å²) in [6.45, 7) is 1.33. The summed E-state index contributed by atoms with van der Waals surface area (Å²) < 4.78 is 0. The highest BCUT2D eigenvalue weighted by atomic mass is 35.5. The molecule has 106 valence electrons. The Balaban J connectivity index is 2.28. The normalized spacial score (nSPS) is 16.1. The summed E-state index contributed by atoms with van der Waals surface area (Å²) in [6.07, 6.45) is 1.71. The average molecular weight is 321 g/mol. The first kappa shape index (κ1) is 13.9. The largest absolute Gasteiger partial charge is 0.360 e. The van der Waals surface area contributed by atoms with Crippen LogP contribution in [-0.2, 0) is 9.59 Å². The first-order valence-corrected chi connectivity index (χ1v) is 6.95. The van der Waals surface area contributed by atoms with Crippen LogP contribution in [0.25, 0.3) is 10.6 Å². The molecule has 4 nitrogen and oxygen atoms in total. The second-order valence-electron chi connectivity index (χ2n) is 4.59. The third-order valence-corrected chi connectivity index (χ3v) is 3.88. The molecular formula is C15H10Cl2N2O2. The minimum atomic E-state index is -0.445. The van der Waals surface area contributed by atoms with Gasteiger partial charge in [0, 0.05) is 23.7 Å². The molecular weight excluding hydrogens is 311 g/mol. The van der Waals surface area contributed by atoms with Crippen molar-refractivity contribution in [1.82, 2.24) is 4.98 Å². The monoisotopic (exact) mass is 320 g/mol. The third kappa shape index (κ3) is 2.17. The Hall–Kier alpha value is -2.04. The number of amides is 2. The highest BCUT2D eigenvalue weighted by Gasteiger charge is 2.37. The molecule has 0 atom stereocenters. The van der Waals surface area contributed by atoms with E-state index in [1.807, 2.05) is 0 Å². The Morgan fingerprint density at radius 2 is 2.05 bits per heavy atom. The van der Waals surface area contributed by atoms with Crippen molar-refractivity contribution in [3.63, 3.8) is 0 Å². The number of carbonyl (C=O) groups is 2. The standard InChI is InChI=1S/C15H10Cl2N2O2/c1-8(20)19-12-7-9(16)4-5-10(12)13(15(19)21)14(17)11-3-2-6-18-11/h2-7,18H,1H3/b14-13+. The second-order valence-corrected chi connectivity index (χ2v) is 5.41. The van der Waals surface area contributed by atoms with Gasteiger partial charge in [0.15, 0.2) is 0 Å². The molecule has 2 heterocycles. The van der Waals surface area contributed by atoms with Gasteiger partial charge in [0.05, 0.1) is 22.0 Å². The van der Waals surface area contributed by atoms with Gasteiger partial charge in [-0.15, -0.1) is 0 Å². The van der Waals surface area contributed by atoms with Gasteiger partial charge in [-0.25, -0.2) is 4.90 Å².